The molecule has 0 heterocycles. The van der Waals surface area contributed by atoms with Crippen molar-refractivity contribution in [2.45, 2.75) is 13.5 Å². The molecule has 3 aromatic carbocycles. The van der Waals surface area contributed by atoms with E-state index in [1.165, 1.54) is 18.2 Å². The topological polar surface area (TPSA) is 42.2 Å². The fourth-order valence-electron chi connectivity index (χ4n) is 2.87. The first-order valence-corrected chi connectivity index (χ1v) is 10.0. The van der Waals surface area contributed by atoms with Crippen molar-refractivity contribution in [2.75, 3.05) is 6.61 Å². The Balaban J connectivity index is 1.94. The lowest BCUT2D eigenvalue weighted by molar-refractivity contribution is 0.267. The summed E-state index contributed by atoms with van der Waals surface area (Å²) in [5.41, 5.74) is 1.74. The van der Waals surface area contributed by atoms with Gasteiger partial charge < -0.3 is 9.47 Å². The molecule has 3 rings (SSSR count). The highest BCUT2D eigenvalue weighted by molar-refractivity contribution is 9.10. The summed E-state index contributed by atoms with van der Waals surface area (Å²) in [6.07, 6.45) is 1.59. The van der Waals surface area contributed by atoms with Crippen molar-refractivity contribution < 1.29 is 18.3 Å². The first-order chi connectivity index (χ1) is 14.5. The summed E-state index contributed by atoms with van der Waals surface area (Å²) >= 11 is 3.47. The van der Waals surface area contributed by atoms with Gasteiger partial charge in [-0.15, -0.1) is 0 Å². The van der Waals surface area contributed by atoms with E-state index in [0.29, 0.717) is 33.7 Å². The zero-order valence-corrected chi connectivity index (χ0v) is 17.7. The second-order valence-corrected chi connectivity index (χ2v) is 7.19. The molecule has 0 unspecified atom stereocenters. The van der Waals surface area contributed by atoms with Crippen LogP contribution in [0.1, 0.15) is 23.6 Å². The first kappa shape index (κ1) is 21.5. The molecule has 0 aromatic heterocycles. The number of rotatable bonds is 7. The molecule has 152 valence electrons. The Labute approximate surface area is 182 Å². The summed E-state index contributed by atoms with van der Waals surface area (Å²) < 4.78 is 39.7. The molecule has 0 amide bonds. The van der Waals surface area contributed by atoms with Crippen molar-refractivity contribution in [3.8, 4) is 17.6 Å². The third-order valence-corrected chi connectivity index (χ3v) is 4.79. The summed E-state index contributed by atoms with van der Waals surface area (Å²) in [7, 11) is 0. The summed E-state index contributed by atoms with van der Waals surface area (Å²) in [5, 5.41) is 9.51. The summed E-state index contributed by atoms with van der Waals surface area (Å²) in [5.74, 6) is 0.116. The Morgan fingerprint density at radius 3 is 2.57 bits per heavy atom. The van der Waals surface area contributed by atoms with Crippen molar-refractivity contribution in [1.82, 2.24) is 0 Å². The van der Waals surface area contributed by atoms with Crippen LogP contribution in [0.15, 0.2) is 65.1 Å². The maximum atomic E-state index is 14.1. The van der Waals surface area contributed by atoms with E-state index in [4.69, 9.17) is 9.47 Å². The number of hydrogen-bond donors (Lipinski definition) is 0. The predicted molar refractivity (Wildman–Crippen MR) is 116 cm³/mol. The van der Waals surface area contributed by atoms with Crippen molar-refractivity contribution in [2.24, 2.45) is 0 Å². The van der Waals surface area contributed by atoms with Gasteiger partial charge >= 0.3 is 0 Å². The number of halogens is 3. The molecule has 0 fully saturated rings. The van der Waals surface area contributed by atoms with Gasteiger partial charge in [0, 0.05) is 5.56 Å². The lowest BCUT2D eigenvalue weighted by Gasteiger charge is -2.15. The fourth-order valence-corrected chi connectivity index (χ4v) is 3.45. The fraction of sp³-hybridized carbons (Fsp3) is 0.125. The van der Waals surface area contributed by atoms with E-state index in [1.54, 1.807) is 48.5 Å². The molecular formula is C24H18BrF2NO2. The Hall–Kier alpha value is -3.17. The van der Waals surface area contributed by atoms with Gasteiger partial charge in [0.05, 0.1) is 22.7 Å². The van der Waals surface area contributed by atoms with Crippen LogP contribution >= 0.6 is 15.9 Å². The highest BCUT2D eigenvalue weighted by Gasteiger charge is 2.14. The van der Waals surface area contributed by atoms with Gasteiger partial charge in [-0.05, 0) is 70.4 Å². The zero-order valence-electron chi connectivity index (χ0n) is 16.2. The van der Waals surface area contributed by atoms with Crippen molar-refractivity contribution >= 4 is 27.6 Å². The van der Waals surface area contributed by atoms with Crippen molar-refractivity contribution in [1.29, 1.82) is 5.26 Å². The van der Waals surface area contributed by atoms with Crippen LogP contribution in [0.5, 0.6) is 11.5 Å². The minimum Gasteiger partial charge on any atom is -0.490 e. The molecule has 0 radical (unpaired) electrons. The Kier molecular flexibility index (Phi) is 7.21. The molecular weight excluding hydrogens is 452 g/mol. The van der Waals surface area contributed by atoms with Gasteiger partial charge in [0.1, 0.15) is 18.2 Å². The normalized spacial score (nSPS) is 11.1. The van der Waals surface area contributed by atoms with E-state index in [2.05, 4.69) is 15.9 Å². The minimum atomic E-state index is -0.468. The molecule has 0 bridgehead atoms. The number of nitrogens with zero attached hydrogens (tertiary/aromatic N) is 1. The van der Waals surface area contributed by atoms with Crippen LogP contribution in [0.25, 0.3) is 11.6 Å². The third-order valence-electron chi connectivity index (χ3n) is 4.20. The van der Waals surface area contributed by atoms with Gasteiger partial charge in [0.2, 0.25) is 0 Å². The maximum absolute atomic E-state index is 14.1. The lowest BCUT2D eigenvalue weighted by Crippen LogP contribution is -2.01. The van der Waals surface area contributed by atoms with Gasteiger partial charge in [-0.25, -0.2) is 8.78 Å². The number of hydrogen-bond acceptors (Lipinski definition) is 3. The number of benzene rings is 3. The average Bonchev–Trinajstić information content (AvgIpc) is 2.72. The van der Waals surface area contributed by atoms with Crippen LogP contribution < -0.4 is 9.47 Å². The Bertz CT molecular complexity index is 1120. The molecule has 0 saturated carbocycles. The molecule has 0 aliphatic heterocycles. The Morgan fingerprint density at radius 1 is 1.07 bits per heavy atom. The van der Waals surface area contributed by atoms with Crippen LogP contribution in [0.4, 0.5) is 8.78 Å². The summed E-state index contributed by atoms with van der Waals surface area (Å²) in [6.45, 7) is 2.39. The molecule has 3 aromatic rings. The minimum absolute atomic E-state index is 0.157. The Morgan fingerprint density at radius 2 is 1.87 bits per heavy atom. The number of allylic oxidation sites excluding steroid dienone is 1. The average molecular weight is 470 g/mol. The van der Waals surface area contributed by atoms with E-state index in [0.717, 1.165) is 0 Å². The van der Waals surface area contributed by atoms with Crippen LogP contribution in [0, 0.1) is 23.0 Å². The van der Waals surface area contributed by atoms with Crippen molar-refractivity contribution in [3.05, 3.63) is 93.5 Å². The molecule has 0 saturated heterocycles. The number of nitriles is 1. The monoisotopic (exact) mass is 469 g/mol. The standard InChI is InChI=1S/C24H18BrF2NO2/c1-2-29-23-13-17(10-18(14-28)20-8-3-4-9-22(20)27)12-21(25)24(23)30-15-16-6-5-7-19(26)11-16/h3-13H,2,15H2,1H3/b18-10-. The zero-order chi connectivity index (χ0) is 21.5. The largest absolute Gasteiger partial charge is 0.490 e. The molecule has 0 spiro atoms. The molecule has 0 aliphatic rings. The maximum Gasteiger partial charge on any atom is 0.175 e. The predicted octanol–water partition coefficient (Wildman–Crippen LogP) is 6.77. The van der Waals surface area contributed by atoms with Crippen LogP contribution in [0.2, 0.25) is 0 Å². The van der Waals surface area contributed by atoms with Gasteiger partial charge in [-0.1, -0.05) is 30.3 Å². The van der Waals surface area contributed by atoms with Crippen LogP contribution in [-0.4, -0.2) is 6.61 Å². The van der Waals surface area contributed by atoms with Gasteiger partial charge in [0.15, 0.2) is 11.5 Å². The van der Waals surface area contributed by atoms with E-state index in [9.17, 15) is 14.0 Å². The SMILES string of the molecule is CCOc1cc(/C=C(/C#N)c2ccccc2F)cc(Br)c1OCc1cccc(F)c1. The van der Waals surface area contributed by atoms with Crippen LogP contribution in [-0.2, 0) is 6.61 Å². The van der Waals surface area contributed by atoms with E-state index >= 15 is 0 Å². The van der Waals surface area contributed by atoms with Gasteiger partial charge in [-0.3, -0.25) is 0 Å². The molecule has 0 aliphatic carbocycles. The molecule has 3 nitrogen and oxygen atoms in total. The first-order valence-electron chi connectivity index (χ1n) is 9.22. The highest BCUT2D eigenvalue weighted by Crippen LogP contribution is 2.38. The van der Waals surface area contributed by atoms with Gasteiger partial charge in [0.25, 0.3) is 0 Å². The molecule has 0 atom stereocenters. The summed E-state index contributed by atoms with van der Waals surface area (Å²) in [4.78, 5) is 0. The second kappa shape index (κ2) is 10.0. The summed E-state index contributed by atoms with van der Waals surface area (Å²) in [6, 6.07) is 17.8. The van der Waals surface area contributed by atoms with E-state index in [1.807, 2.05) is 13.0 Å². The number of ether oxygens (including phenoxy) is 2. The smallest absolute Gasteiger partial charge is 0.175 e. The van der Waals surface area contributed by atoms with Gasteiger partial charge in [-0.2, -0.15) is 5.26 Å². The highest BCUT2D eigenvalue weighted by atomic mass is 79.9. The molecule has 6 heteroatoms. The quantitative estimate of drug-likeness (QED) is 0.283. The second-order valence-electron chi connectivity index (χ2n) is 6.33. The molecule has 30 heavy (non-hydrogen) atoms. The van der Waals surface area contributed by atoms with E-state index < -0.39 is 5.82 Å². The van der Waals surface area contributed by atoms with Crippen LogP contribution in [0.3, 0.4) is 0 Å². The van der Waals surface area contributed by atoms with E-state index in [-0.39, 0.29) is 23.6 Å². The molecule has 0 N–H and O–H groups in total. The van der Waals surface area contributed by atoms with Crippen molar-refractivity contribution in [3.63, 3.8) is 0 Å². The lowest BCUT2D eigenvalue weighted by atomic mass is 10.0. The third kappa shape index (κ3) is 5.25.